The molecule has 1 aromatic rings. The fourth-order valence-corrected chi connectivity index (χ4v) is 2.36. The van der Waals surface area contributed by atoms with Crippen LogP contribution >= 0.6 is 0 Å². The molecule has 2 aliphatic heterocycles. The van der Waals surface area contributed by atoms with Gasteiger partial charge in [-0.15, -0.1) is 0 Å². The molecule has 1 saturated heterocycles. The third kappa shape index (κ3) is 1.64. The first kappa shape index (κ1) is 9.24. The van der Waals surface area contributed by atoms with Crippen LogP contribution in [0.15, 0.2) is 6.33 Å². The number of ether oxygens (including phenoxy) is 1. The molecule has 4 nitrogen and oxygen atoms in total. The lowest BCUT2D eigenvalue weighted by molar-refractivity contribution is 0.107. The second kappa shape index (κ2) is 3.87. The quantitative estimate of drug-likeness (QED) is 0.742. The number of fused-ring (bicyclic) bond motifs is 1. The highest BCUT2D eigenvalue weighted by atomic mass is 16.5. The van der Waals surface area contributed by atoms with E-state index in [1.807, 2.05) is 0 Å². The maximum absolute atomic E-state index is 5.69. The molecule has 1 fully saturated rings. The Balaban J connectivity index is 1.99. The van der Waals surface area contributed by atoms with Crippen LogP contribution in [0.3, 0.4) is 0 Å². The Morgan fingerprint density at radius 1 is 1.40 bits per heavy atom. The van der Waals surface area contributed by atoms with Crippen molar-refractivity contribution in [3.8, 4) is 0 Å². The van der Waals surface area contributed by atoms with E-state index in [1.54, 1.807) is 6.33 Å². The van der Waals surface area contributed by atoms with E-state index in [9.17, 15) is 0 Å². The van der Waals surface area contributed by atoms with Crippen molar-refractivity contribution in [1.82, 2.24) is 15.3 Å². The van der Waals surface area contributed by atoms with Crippen molar-refractivity contribution in [1.29, 1.82) is 0 Å². The second-order valence-corrected chi connectivity index (χ2v) is 4.11. The Morgan fingerprint density at radius 2 is 2.40 bits per heavy atom. The predicted octanol–water partition coefficient (Wildman–Crippen LogP) is 0.974. The highest BCUT2D eigenvalue weighted by molar-refractivity contribution is 5.28. The van der Waals surface area contributed by atoms with Crippen molar-refractivity contribution in [2.45, 2.75) is 31.9 Å². The van der Waals surface area contributed by atoms with E-state index >= 15 is 0 Å². The van der Waals surface area contributed by atoms with Gasteiger partial charge in [-0.1, -0.05) is 0 Å². The third-order valence-electron chi connectivity index (χ3n) is 3.14. The zero-order chi connectivity index (χ0) is 10.1. The van der Waals surface area contributed by atoms with Gasteiger partial charge in [0.25, 0.3) is 0 Å². The van der Waals surface area contributed by atoms with Crippen molar-refractivity contribution in [2.75, 3.05) is 13.2 Å². The number of hydrogen-bond acceptors (Lipinski definition) is 4. The highest BCUT2D eigenvalue weighted by Gasteiger charge is 2.24. The molecule has 3 rings (SSSR count). The summed E-state index contributed by atoms with van der Waals surface area (Å²) in [5.41, 5.74) is 3.59. The first-order valence-corrected chi connectivity index (χ1v) is 5.60. The lowest BCUT2D eigenvalue weighted by Crippen LogP contribution is -2.27. The summed E-state index contributed by atoms with van der Waals surface area (Å²) in [7, 11) is 0. The van der Waals surface area contributed by atoms with Crippen molar-refractivity contribution in [2.24, 2.45) is 0 Å². The number of aromatic nitrogens is 2. The van der Waals surface area contributed by atoms with Crippen LogP contribution in [0.1, 0.15) is 35.9 Å². The Kier molecular flexibility index (Phi) is 2.38. The molecule has 0 aromatic carbocycles. The van der Waals surface area contributed by atoms with Gasteiger partial charge in [-0.05, 0) is 12.8 Å². The predicted molar refractivity (Wildman–Crippen MR) is 55.4 cm³/mol. The summed E-state index contributed by atoms with van der Waals surface area (Å²) in [6.07, 6.45) is 5.15. The van der Waals surface area contributed by atoms with E-state index in [0.29, 0.717) is 0 Å². The van der Waals surface area contributed by atoms with E-state index < -0.39 is 0 Å². The van der Waals surface area contributed by atoms with Crippen molar-refractivity contribution in [3.63, 3.8) is 0 Å². The van der Waals surface area contributed by atoms with E-state index in [1.165, 1.54) is 11.3 Å². The van der Waals surface area contributed by atoms with Gasteiger partial charge in [-0.25, -0.2) is 9.97 Å². The SMILES string of the molecule is c1nc2c(c(C3CCCO3)n1)CNCC2. The van der Waals surface area contributed by atoms with Crippen LogP contribution in [0, 0.1) is 0 Å². The summed E-state index contributed by atoms with van der Waals surface area (Å²) in [5.74, 6) is 0. The van der Waals surface area contributed by atoms with E-state index in [-0.39, 0.29) is 6.10 Å². The van der Waals surface area contributed by atoms with Gasteiger partial charge in [-0.3, -0.25) is 0 Å². The standard InChI is InChI=1S/C11H15N3O/c1-2-10(15-5-1)11-8-6-12-4-3-9(8)13-7-14-11/h7,10,12H,1-6H2. The minimum absolute atomic E-state index is 0.210. The smallest absolute Gasteiger partial charge is 0.116 e. The molecule has 0 aliphatic carbocycles. The van der Waals surface area contributed by atoms with Crippen molar-refractivity contribution >= 4 is 0 Å². The van der Waals surface area contributed by atoms with Gasteiger partial charge in [0, 0.05) is 37.4 Å². The molecule has 0 radical (unpaired) electrons. The van der Waals surface area contributed by atoms with E-state index in [0.717, 1.165) is 44.7 Å². The molecule has 1 unspecified atom stereocenters. The zero-order valence-electron chi connectivity index (χ0n) is 8.70. The summed E-state index contributed by atoms with van der Waals surface area (Å²) in [4.78, 5) is 8.74. The number of nitrogens with zero attached hydrogens (tertiary/aromatic N) is 2. The Hall–Kier alpha value is -1.00. The lowest BCUT2D eigenvalue weighted by atomic mass is 10.0. The van der Waals surface area contributed by atoms with Crippen LogP contribution in [-0.4, -0.2) is 23.1 Å². The average molecular weight is 205 g/mol. The van der Waals surface area contributed by atoms with Crippen LogP contribution in [0.25, 0.3) is 0 Å². The molecule has 0 saturated carbocycles. The van der Waals surface area contributed by atoms with Crippen molar-refractivity contribution < 1.29 is 4.74 Å². The molecule has 1 aromatic heterocycles. The maximum Gasteiger partial charge on any atom is 0.116 e. The van der Waals surface area contributed by atoms with E-state index in [2.05, 4.69) is 15.3 Å². The molecule has 4 heteroatoms. The first-order chi connectivity index (χ1) is 7.45. The molecule has 3 heterocycles. The average Bonchev–Trinajstić information content (AvgIpc) is 2.82. The fourth-order valence-electron chi connectivity index (χ4n) is 2.36. The normalized spacial score (nSPS) is 25.2. The lowest BCUT2D eigenvalue weighted by Gasteiger charge is -2.20. The zero-order valence-corrected chi connectivity index (χ0v) is 8.70. The summed E-state index contributed by atoms with van der Waals surface area (Å²) >= 11 is 0. The topological polar surface area (TPSA) is 47.0 Å². The van der Waals surface area contributed by atoms with Gasteiger partial charge in [0.05, 0.1) is 11.8 Å². The van der Waals surface area contributed by atoms with Gasteiger partial charge in [0.15, 0.2) is 0 Å². The van der Waals surface area contributed by atoms with Crippen LogP contribution < -0.4 is 5.32 Å². The molecule has 1 atom stereocenters. The van der Waals surface area contributed by atoms with Crippen LogP contribution in [-0.2, 0) is 17.7 Å². The minimum atomic E-state index is 0.210. The summed E-state index contributed by atoms with van der Waals surface area (Å²) < 4.78 is 5.69. The third-order valence-corrected chi connectivity index (χ3v) is 3.14. The van der Waals surface area contributed by atoms with Gasteiger partial charge in [0.1, 0.15) is 6.33 Å². The summed E-state index contributed by atoms with van der Waals surface area (Å²) in [6, 6.07) is 0. The fraction of sp³-hybridized carbons (Fsp3) is 0.636. The molecule has 2 aliphatic rings. The highest BCUT2D eigenvalue weighted by Crippen LogP contribution is 2.30. The molecular weight excluding hydrogens is 190 g/mol. The van der Waals surface area contributed by atoms with Crippen LogP contribution in [0.4, 0.5) is 0 Å². The number of rotatable bonds is 1. The van der Waals surface area contributed by atoms with E-state index in [4.69, 9.17) is 4.74 Å². The molecule has 0 amide bonds. The summed E-state index contributed by atoms with van der Waals surface area (Å²) in [6.45, 7) is 2.79. The maximum atomic E-state index is 5.69. The van der Waals surface area contributed by atoms with Gasteiger partial charge >= 0.3 is 0 Å². The Morgan fingerprint density at radius 3 is 3.27 bits per heavy atom. The van der Waals surface area contributed by atoms with Gasteiger partial charge < -0.3 is 10.1 Å². The first-order valence-electron chi connectivity index (χ1n) is 5.60. The van der Waals surface area contributed by atoms with Crippen LogP contribution in [0.2, 0.25) is 0 Å². The molecule has 0 spiro atoms. The molecular formula is C11H15N3O. The minimum Gasteiger partial charge on any atom is -0.372 e. The Bertz CT molecular complexity index is 361. The molecule has 15 heavy (non-hydrogen) atoms. The largest absolute Gasteiger partial charge is 0.372 e. The van der Waals surface area contributed by atoms with Crippen molar-refractivity contribution in [3.05, 3.63) is 23.3 Å². The Labute approximate surface area is 89.1 Å². The van der Waals surface area contributed by atoms with Gasteiger partial charge in [0.2, 0.25) is 0 Å². The molecule has 1 N–H and O–H groups in total. The monoisotopic (exact) mass is 205 g/mol. The van der Waals surface area contributed by atoms with Crippen LogP contribution in [0.5, 0.6) is 0 Å². The summed E-state index contributed by atoms with van der Waals surface area (Å²) in [5, 5.41) is 3.37. The molecule has 0 bridgehead atoms. The molecule has 80 valence electrons. The number of nitrogens with one attached hydrogen (secondary N) is 1. The number of hydrogen-bond donors (Lipinski definition) is 1. The van der Waals surface area contributed by atoms with Gasteiger partial charge in [-0.2, -0.15) is 0 Å². The second-order valence-electron chi connectivity index (χ2n) is 4.11.